The predicted molar refractivity (Wildman–Crippen MR) is 87.4 cm³/mol. The molecule has 0 atom stereocenters. The number of carbonyl (C=O) groups is 1. The highest BCUT2D eigenvalue weighted by Crippen LogP contribution is 2.16. The molecule has 2 rings (SSSR count). The Labute approximate surface area is 131 Å². The van der Waals surface area contributed by atoms with Crippen molar-refractivity contribution < 1.29 is 4.79 Å². The lowest BCUT2D eigenvalue weighted by Crippen LogP contribution is -2.43. The van der Waals surface area contributed by atoms with Crippen molar-refractivity contribution in [2.75, 3.05) is 0 Å². The Morgan fingerprint density at radius 1 is 1.23 bits per heavy atom. The van der Waals surface area contributed by atoms with E-state index in [1.165, 1.54) is 10.4 Å². The summed E-state index contributed by atoms with van der Waals surface area (Å²) in [6, 6.07) is 6.07. The molecule has 5 nitrogen and oxygen atoms in total. The predicted octanol–water partition coefficient (Wildman–Crippen LogP) is 3.11. The van der Waals surface area contributed by atoms with Crippen LogP contribution in [0.3, 0.4) is 0 Å². The molecule has 0 aliphatic rings. The number of carbonyl (C=O) groups excluding carboxylic acids is 1. The first-order valence-corrected chi connectivity index (χ1v) is 7.57. The summed E-state index contributed by atoms with van der Waals surface area (Å²) in [7, 11) is 0. The van der Waals surface area contributed by atoms with Crippen molar-refractivity contribution >= 4 is 5.91 Å². The average Bonchev–Trinajstić information content (AvgIpc) is 2.80. The average molecular weight is 300 g/mol. The van der Waals surface area contributed by atoms with Crippen molar-refractivity contribution in [3.05, 3.63) is 40.7 Å². The Morgan fingerprint density at radius 2 is 1.91 bits per heavy atom. The van der Waals surface area contributed by atoms with E-state index >= 15 is 0 Å². The van der Waals surface area contributed by atoms with Gasteiger partial charge in [-0.05, 0) is 52.7 Å². The summed E-state index contributed by atoms with van der Waals surface area (Å²) < 4.78 is 0. The fourth-order valence-corrected chi connectivity index (χ4v) is 2.18. The van der Waals surface area contributed by atoms with Gasteiger partial charge in [-0.25, -0.2) is 0 Å². The van der Waals surface area contributed by atoms with E-state index in [4.69, 9.17) is 0 Å². The number of benzene rings is 1. The van der Waals surface area contributed by atoms with Crippen LogP contribution in [0.25, 0.3) is 5.69 Å². The monoisotopic (exact) mass is 300 g/mol. The number of rotatable bonds is 4. The van der Waals surface area contributed by atoms with E-state index in [2.05, 4.69) is 21.6 Å². The minimum atomic E-state index is -0.257. The smallest absolute Gasteiger partial charge is 0.274 e. The topological polar surface area (TPSA) is 59.8 Å². The third kappa shape index (κ3) is 3.35. The van der Waals surface area contributed by atoms with Crippen molar-refractivity contribution in [2.45, 2.75) is 53.5 Å². The molecule has 1 aromatic heterocycles. The van der Waals surface area contributed by atoms with Crippen LogP contribution in [0.1, 0.15) is 54.5 Å². The molecular formula is C17H24N4O. The molecule has 2 aromatic rings. The normalized spacial score (nSPS) is 11.5. The van der Waals surface area contributed by atoms with Gasteiger partial charge in [0, 0.05) is 5.54 Å². The minimum Gasteiger partial charge on any atom is -0.346 e. The SMILES string of the molecule is CCC(C)(C)NC(=O)c1nn(-c2ccc(C)cc2C)nc1C. The molecule has 0 saturated carbocycles. The molecule has 5 heteroatoms. The molecule has 0 bridgehead atoms. The van der Waals surface area contributed by atoms with Gasteiger partial charge in [0.05, 0.1) is 11.4 Å². The second-order valence-electron chi connectivity index (χ2n) is 6.40. The molecule has 0 unspecified atom stereocenters. The first-order chi connectivity index (χ1) is 10.2. The van der Waals surface area contributed by atoms with Gasteiger partial charge in [0.2, 0.25) is 0 Å². The summed E-state index contributed by atoms with van der Waals surface area (Å²) in [6.07, 6.45) is 0.850. The van der Waals surface area contributed by atoms with Gasteiger partial charge in [0.1, 0.15) is 0 Å². The van der Waals surface area contributed by atoms with E-state index < -0.39 is 0 Å². The number of nitrogens with zero attached hydrogens (tertiary/aromatic N) is 3. The number of nitrogens with one attached hydrogen (secondary N) is 1. The van der Waals surface area contributed by atoms with E-state index in [9.17, 15) is 4.79 Å². The van der Waals surface area contributed by atoms with Crippen molar-refractivity contribution in [2.24, 2.45) is 0 Å². The van der Waals surface area contributed by atoms with Gasteiger partial charge in [-0.1, -0.05) is 24.6 Å². The zero-order chi connectivity index (χ0) is 16.5. The fourth-order valence-electron chi connectivity index (χ4n) is 2.18. The lowest BCUT2D eigenvalue weighted by Gasteiger charge is -2.23. The summed E-state index contributed by atoms with van der Waals surface area (Å²) in [4.78, 5) is 13.9. The Bertz CT molecular complexity index is 701. The second-order valence-corrected chi connectivity index (χ2v) is 6.40. The molecule has 0 saturated heterocycles. The lowest BCUT2D eigenvalue weighted by atomic mass is 10.0. The number of aromatic nitrogens is 3. The maximum atomic E-state index is 12.4. The van der Waals surface area contributed by atoms with E-state index in [0.717, 1.165) is 17.7 Å². The molecule has 0 radical (unpaired) electrons. The van der Waals surface area contributed by atoms with E-state index in [0.29, 0.717) is 11.4 Å². The third-order valence-corrected chi connectivity index (χ3v) is 3.90. The van der Waals surface area contributed by atoms with Crippen molar-refractivity contribution in [1.29, 1.82) is 0 Å². The summed E-state index contributed by atoms with van der Waals surface area (Å²) >= 11 is 0. The minimum absolute atomic E-state index is 0.180. The summed E-state index contributed by atoms with van der Waals surface area (Å²) in [5, 5.41) is 11.8. The highest BCUT2D eigenvalue weighted by atomic mass is 16.2. The van der Waals surface area contributed by atoms with Gasteiger partial charge in [-0.15, -0.1) is 5.10 Å². The second kappa shape index (κ2) is 5.91. The largest absolute Gasteiger partial charge is 0.346 e. The highest BCUT2D eigenvalue weighted by Gasteiger charge is 2.23. The van der Waals surface area contributed by atoms with Gasteiger partial charge in [-0.3, -0.25) is 4.79 Å². The molecule has 0 aliphatic carbocycles. The number of hydrogen-bond donors (Lipinski definition) is 1. The van der Waals surface area contributed by atoms with E-state index in [1.54, 1.807) is 6.92 Å². The van der Waals surface area contributed by atoms with Crippen LogP contribution in [0.5, 0.6) is 0 Å². The van der Waals surface area contributed by atoms with Crippen molar-refractivity contribution in [3.8, 4) is 5.69 Å². The van der Waals surface area contributed by atoms with Gasteiger partial charge in [0.15, 0.2) is 5.69 Å². The molecule has 0 spiro atoms. The van der Waals surface area contributed by atoms with Crippen molar-refractivity contribution in [3.63, 3.8) is 0 Å². The van der Waals surface area contributed by atoms with Gasteiger partial charge >= 0.3 is 0 Å². The molecule has 1 N–H and O–H groups in total. The van der Waals surface area contributed by atoms with Crippen LogP contribution in [0.15, 0.2) is 18.2 Å². The van der Waals surface area contributed by atoms with Gasteiger partial charge < -0.3 is 5.32 Å². The van der Waals surface area contributed by atoms with Crippen LogP contribution in [0, 0.1) is 20.8 Å². The molecule has 118 valence electrons. The lowest BCUT2D eigenvalue weighted by molar-refractivity contribution is 0.0905. The summed E-state index contributed by atoms with van der Waals surface area (Å²) in [5.41, 5.74) is 3.91. The molecule has 0 fully saturated rings. The van der Waals surface area contributed by atoms with Crippen LogP contribution < -0.4 is 5.32 Å². The first kappa shape index (κ1) is 16.2. The third-order valence-electron chi connectivity index (χ3n) is 3.90. The Morgan fingerprint density at radius 3 is 2.50 bits per heavy atom. The Balaban J connectivity index is 2.34. The maximum Gasteiger partial charge on any atom is 0.274 e. The Kier molecular flexibility index (Phi) is 4.35. The number of aryl methyl sites for hydroxylation is 3. The van der Waals surface area contributed by atoms with Gasteiger partial charge in [0.25, 0.3) is 5.91 Å². The fraction of sp³-hybridized carbons (Fsp3) is 0.471. The number of hydrogen-bond acceptors (Lipinski definition) is 3. The number of amides is 1. The Hall–Kier alpha value is -2.17. The van der Waals surface area contributed by atoms with Crippen LogP contribution in [0.4, 0.5) is 0 Å². The van der Waals surface area contributed by atoms with Gasteiger partial charge in [-0.2, -0.15) is 9.90 Å². The molecular weight excluding hydrogens is 276 g/mol. The molecule has 22 heavy (non-hydrogen) atoms. The van der Waals surface area contributed by atoms with Crippen LogP contribution in [-0.4, -0.2) is 26.4 Å². The molecule has 1 heterocycles. The highest BCUT2D eigenvalue weighted by molar-refractivity contribution is 5.93. The first-order valence-electron chi connectivity index (χ1n) is 7.57. The zero-order valence-corrected chi connectivity index (χ0v) is 14.2. The van der Waals surface area contributed by atoms with Crippen LogP contribution >= 0.6 is 0 Å². The standard InChI is InChI=1S/C17H24N4O/c1-7-17(5,6)18-16(22)15-13(4)19-21(20-15)14-9-8-11(2)10-12(14)3/h8-10H,7H2,1-6H3,(H,18,22). The zero-order valence-electron chi connectivity index (χ0n) is 14.2. The van der Waals surface area contributed by atoms with Crippen molar-refractivity contribution in [1.82, 2.24) is 20.3 Å². The molecule has 0 aliphatic heterocycles. The van der Waals surface area contributed by atoms with Crippen LogP contribution in [0.2, 0.25) is 0 Å². The maximum absolute atomic E-state index is 12.4. The van der Waals surface area contributed by atoms with E-state index in [1.807, 2.05) is 46.8 Å². The quantitative estimate of drug-likeness (QED) is 0.943. The molecule has 1 aromatic carbocycles. The van der Waals surface area contributed by atoms with Crippen LogP contribution in [-0.2, 0) is 0 Å². The molecule has 1 amide bonds. The summed E-state index contributed by atoms with van der Waals surface area (Å²) in [6.45, 7) is 11.9. The summed E-state index contributed by atoms with van der Waals surface area (Å²) in [5.74, 6) is -0.180. The van der Waals surface area contributed by atoms with E-state index in [-0.39, 0.29) is 11.4 Å².